The maximum absolute atomic E-state index is 12.3. The van der Waals surface area contributed by atoms with Gasteiger partial charge in [-0.25, -0.2) is 0 Å². The number of nitrogens with one attached hydrogen (secondary N) is 2. The molecule has 0 aliphatic rings. The van der Waals surface area contributed by atoms with E-state index in [2.05, 4.69) is 5.32 Å². The fourth-order valence-corrected chi connectivity index (χ4v) is 2.05. The molecule has 8 heteroatoms. The zero-order chi connectivity index (χ0) is 19.0. The Kier molecular flexibility index (Phi) is 6.60. The Morgan fingerprint density at radius 2 is 1.58 bits per heavy atom. The molecule has 0 saturated carbocycles. The average Bonchev–Trinajstić information content (AvgIpc) is 2.63. The molecule has 2 rings (SSSR count). The summed E-state index contributed by atoms with van der Waals surface area (Å²) in [5, 5.41) is 4.42. The van der Waals surface area contributed by atoms with Crippen molar-refractivity contribution in [1.29, 1.82) is 0 Å². The van der Waals surface area contributed by atoms with Crippen LogP contribution in [0.4, 0.5) is 13.2 Å². The number of halogens is 3. The van der Waals surface area contributed by atoms with Crippen LogP contribution in [0.1, 0.15) is 15.9 Å². The Balaban J connectivity index is 1.92. The van der Waals surface area contributed by atoms with Gasteiger partial charge in [-0.3, -0.25) is 9.59 Å². The lowest BCUT2D eigenvalue weighted by Gasteiger charge is -2.12. The van der Waals surface area contributed by atoms with Crippen molar-refractivity contribution in [3.05, 3.63) is 65.7 Å². The Bertz CT molecular complexity index is 749. The first-order valence-electron chi connectivity index (χ1n) is 7.72. The third-order valence-corrected chi connectivity index (χ3v) is 3.27. The van der Waals surface area contributed by atoms with Crippen molar-refractivity contribution in [3.8, 4) is 5.75 Å². The zero-order valence-electron chi connectivity index (χ0n) is 13.7. The van der Waals surface area contributed by atoms with E-state index in [1.54, 1.807) is 17.4 Å². The van der Waals surface area contributed by atoms with Crippen LogP contribution in [0.5, 0.6) is 5.75 Å². The fraction of sp³-hybridized carbons (Fsp3) is 0.222. The summed E-state index contributed by atoms with van der Waals surface area (Å²) in [5.74, 6) is -1.23. The molecule has 0 unspecified atom stereocenters. The van der Waals surface area contributed by atoms with Gasteiger partial charge in [-0.2, -0.15) is 13.2 Å². The van der Waals surface area contributed by atoms with Crippen molar-refractivity contribution in [1.82, 2.24) is 10.6 Å². The molecule has 0 aliphatic carbocycles. The molecule has 5 nitrogen and oxygen atoms in total. The van der Waals surface area contributed by atoms with Gasteiger partial charge in [0.15, 0.2) is 6.61 Å². The van der Waals surface area contributed by atoms with Gasteiger partial charge in [-0.1, -0.05) is 42.5 Å². The van der Waals surface area contributed by atoms with Crippen molar-refractivity contribution in [2.24, 2.45) is 0 Å². The molecule has 0 radical (unpaired) electrons. The van der Waals surface area contributed by atoms with Gasteiger partial charge in [0.1, 0.15) is 12.3 Å². The maximum atomic E-state index is 12.3. The van der Waals surface area contributed by atoms with Crippen LogP contribution < -0.4 is 15.4 Å². The molecule has 2 aromatic rings. The predicted molar refractivity (Wildman–Crippen MR) is 88.6 cm³/mol. The first-order chi connectivity index (χ1) is 12.3. The van der Waals surface area contributed by atoms with E-state index in [1.165, 1.54) is 12.1 Å². The molecule has 2 amide bonds. The Morgan fingerprint density at radius 1 is 0.923 bits per heavy atom. The second-order valence-electron chi connectivity index (χ2n) is 5.35. The summed E-state index contributed by atoms with van der Waals surface area (Å²) in [6.45, 7) is -1.76. The first kappa shape index (κ1) is 19.3. The number of ether oxygens (including phenoxy) is 1. The SMILES string of the molecule is O=C(COc1ccccc1C(=O)NCc1ccccc1)NCC(F)(F)F. The molecule has 0 saturated heterocycles. The molecular weight excluding hydrogens is 349 g/mol. The van der Waals surface area contributed by atoms with E-state index in [-0.39, 0.29) is 11.3 Å². The van der Waals surface area contributed by atoms with Crippen molar-refractivity contribution in [3.63, 3.8) is 0 Å². The molecule has 0 spiro atoms. The number of alkyl halides is 3. The first-order valence-corrected chi connectivity index (χ1v) is 7.72. The van der Waals surface area contributed by atoms with Gasteiger partial charge < -0.3 is 15.4 Å². The summed E-state index contributed by atoms with van der Waals surface area (Å²) in [4.78, 5) is 23.7. The summed E-state index contributed by atoms with van der Waals surface area (Å²) in [7, 11) is 0. The zero-order valence-corrected chi connectivity index (χ0v) is 13.7. The van der Waals surface area contributed by atoms with E-state index >= 15 is 0 Å². The highest BCUT2D eigenvalue weighted by Gasteiger charge is 2.27. The summed E-state index contributed by atoms with van der Waals surface area (Å²) in [5.41, 5.74) is 1.10. The minimum absolute atomic E-state index is 0.111. The monoisotopic (exact) mass is 366 g/mol. The van der Waals surface area contributed by atoms with Crippen LogP contribution in [0.2, 0.25) is 0 Å². The highest BCUT2D eigenvalue weighted by atomic mass is 19.4. The molecule has 138 valence electrons. The van der Waals surface area contributed by atoms with Gasteiger partial charge >= 0.3 is 6.18 Å². The van der Waals surface area contributed by atoms with Crippen LogP contribution in [-0.2, 0) is 11.3 Å². The lowest BCUT2D eigenvalue weighted by Crippen LogP contribution is -2.36. The van der Waals surface area contributed by atoms with E-state index in [1.807, 2.05) is 30.3 Å². The van der Waals surface area contributed by atoms with Gasteiger partial charge in [0, 0.05) is 6.54 Å². The predicted octanol–water partition coefficient (Wildman–Crippen LogP) is 2.67. The van der Waals surface area contributed by atoms with E-state index in [0.29, 0.717) is 6.54 Å². The second-order valence-corrected chi connectivity index (χ2v) is 5.35. The minimum Gasteiger partial charge on any atom is -0.483 e. The van der Waals surface area contributed by atoms with Crippen LogP contribution >= 0.6 is 0 Å². The van der Waals surface area contributed by atoms with Crippen molar-refractivity contribution < 1.29 is 27.5 Å². The number of hydrogen-bond acceptors (Lipinski definition) is 3. The molecule has 2 aromatic carbocycles. The molecule has 26 heavy (non-hydrogen) atoms. The number of amides is 2. The Morgan fingerprint density at radius 3 is 2.27 bits per heavy atom. The van der Waals surface area contributed by atoms with Crippen LogP contribution in [-0.4, -0.2) is 31.1 Å². The average molecular weight is 366 g/mol. The van der Waals surface area contributed by atoms with E-state index in [4.69, 9.17) is 4.74 Å². The summed E-state index contributed by atoms with van der Waals surface area (Å²) in [6, 6.07) is 15.4. The van der Waals surface area contributed by atoms with Crippen LogP contribution in [0.3, 0.4) is 0 Å². The molecule has 0 atom stereocenters. The third kappa shape index (κ3) is 6.46. The maximum Gasteiger partial charge on any atom is 0.405 e. The van der Waals surface area contributed by atoms with E-state index < -0.39 is 31.1 Å². The van der Waals surface area contributed by atoms with Crippen LogP contribution in [0.25, 0.3) is 0 Å². The van der Waals surface area contributed by atoms with Crippen molar-refractivity contribution in [2.75, 3.05) is 13.2 Å². The highest BCUT2D eigenvalue weighted by molar-refractivity contribution is 5.97. The molecule has 0 aromatic heterocycles. The van der Waals surface area contributed by atoms with Crippen molar-refractivity contribution in [2.45, 2.75) is 12.7 Å². The smallest absolute Gasteiger partial charge is 0.405 e. The largest absolute Gasteiger partial charge is 0.483 e. The van der Waals surface area contributed by atoms with E-state index in [9.17, 15) is 22.8 Å². The number of rotatable bonds is 7. The quantitative estimate of drug-likeness (QED) is 0.792. The number of carbonyl (C=O) groups is 2. The van der Waals surface area contributed by atoms with Gasteiger partial charge in [-0.05, 0) is 17.7 Å². The van der Waals surface area contributed by atoms with Crippen LogP contribution in [0, 0.1) is 0 Å². The van der Waals surface area contributed by atoms with Gasteiger partial charge in [-0.15, -0.1) is 0 Å². The van der Waals surface area contributed by atoms with Gasteiger partial charge in [0.25, 0.3) is 11.8 Å². The number of para-hydroxylation sites is 1. The fourth-order valence-electron chi connectivity index (χ4n) is 2.05. The summed E-state index contributed by atoms with van der Waals surface area (Å²) < 4.78 is 41.4. The topological polar surface area (TPSA) is 67.4 Å². The lowest BCUT2D eigenvalue weighted by atomic mass is 10.1. The standard InChI is InChI=1S/C18H17F3N2O3/c19-18(20,21)12-23-16(24)11-26-15-9-5-4-8-14(15)17(25)22-10-13-6-2-1-3-7-13/h1-9H,10-12H2,(H,22,25)(H,23,24). The molecule has 0 aliphatic heterocycles. The molecule has 2 N–H and O–H groups in total. The Labute approximate surface area is 148 Å². The van der Waals surface area contributed by atoms with E-state index in [0.717, 1.165) is 5.56 Å². The molecule has 0 bridgehead atoms. The second kappa shape index (κ2) is 8.89. The third-order valence-electron chi connectivity index (χ3n) is 3.27. The molecule has 0 heterocycles. The van der Waals surface area contributed by atoms with Crippen molar-refractivity contribution >= 4 is 11.8 Å². The number of carbonyl (C=O) groups excluding carboxylic acids is 2. The van der Waals surface area contributed by atoms with Gasteiger partial charge in [0.05, 0.1) is 5.56 Å². The van der Waals surface area contributed by atoms with Gasteiger partial charge in [0.2, 0.25) is 0 Å². The highest BCUT2D eigenvalue weighted by Crippen LogP contribution is 2.18. The van der Waals surface area contributed by atoms with Crippen LogP contribution in [0.15, 0.2) is 54.6 Å². The molecule has 0 fully saturated rings. The normalized spacial score (nSPS) is 10.9. The number of hydrogen-bond donors (Lipinski definition) is 2. The molecular formula is C18H17F3N2O3. The minimum atomic E-state index is -4.50. The number of benzene rings is 2. The lowest BCUT2D eigenvalue weighted by molar-refractivity contribution is -0.139. The Hall–Kier alpha value is -3.03. The summed E-state index contributed by atoms with van der Waals surface area (Å²) >= 11 is 0. The summed E-state index contributed by atoms with van der Waals surface area (Å²) in [6.07, 6.45) is -4.50.